The zero-order chi connectivity index (χ0) is 12.3. The van der Waals surface area contributed by atoms with Gasteiger partial charge in [-0.3, -0.25) is 10.1 Å². The zero-order valence-electron chi connectivity index (χ0n) is 8.12. The maximum atomic E-state index is 13.4. The molecule has 0 bridgehead atoms. The van der Waals surface area contributed by atoms with Crippen molar-refractivity contribution in [1.29, 1.82) is 0 Å². The topological polar surface area (TPSA) is 69.2 Å². The van der Waals surface area contributed by atoms with Crippen molar-refractivity contribution >= 4 is 5.69 Å². The standard InChI is InChI=1S/C9H9F3N2O2/c10-8-6(4-9(11,12)5-13)2-1-3-7(8)14(15)16/h1-3H,4-5,13H2. The first-order chi connectivity index (χ1) is 7.37. The Balaban J connectivity index is 3.07. The average Bonchev–Trinajstić information content (AvgIpc) is 2.20. The predicted octanol–water partition coefficient (Wildman–Crippen LogP) is 1.87. The van der Waals surface area contributed by atoms with Gasteiger partial charge in [0.15, 0.2) is 0 Å². The second-order valence-electron chi connectivity index (χ2n) is 3.24. The van der Waals surface area contributed by atoms with Crippen LogP contribution in [0.5, 0.6) is 0 Å². The van der Waals surface area contributed by atoms with Gasteiger partial charge in [-0.2, -0.15) is 4.39 Å². The van der Waals surface area contributed by atoms with Crippen LogP contribution in [-0.2, 0) is 6.42 Å². The number of alkyl halides is 2. The summed E-state index contributed by atoms with van der Waals surface area (Å²) < 4.78 is 39.2. The first-order valence-electron chi connectivity index (χ1n) is 4.37. The zero-order valence-corrected chi connectivity index (χ0v) is 8.12. The molecular weight excluding hydrogens is 225 g/mol. The van der Waals surface area contributed by atoms with Gasteiger partial charge in [0.25, 0.3) is 5.92 Å². The highest BCUT2D eigenvalue weighted by Gasteiger charge is 2.30. The van der Waals surface area contributed by atoms with Crippen LogP contribution in [0.1, 0.15) is 5.56 Å². The highest BCUT2D eigenvalue weighted by atomic mass is 19.3. The highest BCUT2D eigenvalue weighted by molar-refractivity contribution is 5.37. The van der Waals surface area contributed by atoms with Gasteiger partial charge in [-0.25, -0.2) is 8.78 Å². The molecule has 0 aliphatic carbocycles. The predicted molar refractivity (Wildman–Crippen MR) is 50.8 cm³/mol. The molecule has 0 unspecified atom stereocenters. The summed E-state index contributed by atoms with van der Waals surface area (Å²) in [5, 5.41) is 10.4. The fourth-order valence-corrected chi connectivity index (χ4v) is 1.19. The summed E-state index contributed by atoms with van der Waals surface area (Å²) in [6.45, 7) is -0.935. The Kier molecular flexibility index (Phi) is 3.48. The number of hydrogen-bond donors (Lipinski definition) is 1. The maximum absolute atomic E-state index is 13.4. The van der Waals surface area contributed by atoms with Gasteiger partial charge >= 0.3 is 5.69 Å². The summed E-state index contributed by atoms with van der Waals surface area (Å²) in [5.41, 5.74) is 3.57. The Hall–Kier alpha value is -1.63. The fourth-order valence-electron chi connectivity index (χ4n) is 1.19. The molecular formula is C9H9F3N2O2. The van der Waals surface area contributed by atoms with Crippen LogP contribution in [0.15, 0.2) is 18.2 Å². The molecule has 0 saturated heterocycles. The Labute approximate surface area is 89.0 Å². The fraction of sp³-hybridized carbons (Fsp3) is 0.333. The van der Waals surface area contributed by atoms with Crippen LogP contribution in [0.25, 0.3) is 0 Å². The lowest BCUT2D eigenvalue weighted by atomic mass is 10.1. The summed E-state index contributed by atoms with van der Waals surface area (Å²) in [4.78, 5) is 9.40. The third kappa shape index (κ3) is 2.69. The summed E-state index contributed by atoms with van der Waals surface area (Å²) in [5.74, 6) is -4.50. The molecule has 16 heavy (non-hydrogen) atoms. The van der Waals surface area contributed by atoms with E-state index in [0.29, 0.717) is 0 Å². The monoisotopic (exact) mass is 234 g/mol. The van der Waals surface area contributed by atoms with Gasteiger partial charge < -0.3 is 5.73 Å². The van der Waals surface area contributed by atoms with Crippen LogP contribution in [0, 0.1) is 15.9 Å². The second kappa shape index (κ2) is 4.48. The minimum absolute atomic E-state index is 0.412. The van der Waals surface area contributed by atoms with Crippen molar-refractivity contribution < 1.29 is 18.1 Å². The number of nitrogens with zero attached hydrogens (tertiary/aromatic N) is 1. The number of rotatable bonds is 4. The van der Waals surface area contributed by atoms with E-state index in [1.54, 1.807) is 0 Å². The molecule has 1 aromatic carbocycles. The van der Waals surface area contributed by atoms with Crippen molar-refractivity contribution in [3.63, 3.8) is 0 Å². The van der Waals surface area contributed by atoms with Gasteiger partial charge in [-0.05, 0) is 0 Å². The SMILES string of the molecule is NCC(F)(F)Cc1cccc([N+](=O)[O-])c1F. The molecule has 0 aromatic heterocycles. The largest absolute Gasteiger partial charge is 0.325 e. The van der Waals surface area contributed by atoms with Crippen molar-refractivity contribution in [3.05, 3.63) is 39.7 Å². The third-order valence-corrected chi connectivity index (χ3v) is 2.00. The number of nitro groups is 1. The van der Waals surface area contributed by atoms with Gasteiger partial charge in [0, 0.05) is 18.1 Å². The van der Waals surface area contributed by atoms with E-state index in [4.69, 9.17) is 5.73 Å². The minimum atomic E-state index is -3.27. The molecule has 1 aromatic rings. The van der Waals surface area contributed by atoms with E-state index in [9.17, 15) is 23.3 Å². The maximum Gasteiger partial charge on any atom is 0.305 e. The van der Waals surface area contributed by atoms with E-state index < -0.39 is 40.9 Å². The van der Waals surface area contributed by atoms with Gasteiger partial charge in [0.1, 0.15) is 0 Å². The lowest BCUT2D eigenvalue weighted by Gasteiger charge is -2.13. The third-order valence-electron chi connectivity index (χ3n) is 2.00. The molecule has 4 nitrogen and oxygen atoms in total. The van der Waals surface area contributed by atoms with Crippen LogP contribution in [0.4, 0.5) is 18.9 Å². The Bertz CT molecular complexity index is 410. The van der Waals surface area contributed by atoms with Crippen LogP contribution in [0.3, 0.4) is 0 Å². The molecule has 1 rings (SSSR count). The average molecular weight is 234 g/mol. The quantitative estimate of drug-likeness (QED) is 0.638. The smallest absolute Gasteiger partial charge is 0.305 e. The minimum Gasteiger partial charge on any atom is -0.325 e. The number of benzene rings is 1. The highest BCUT2D eigenvalue weighted by Crippen LogP contribution is 2.25. The molecule has 7 heteroatoms. The molecule has 0 radical (unpaired) electrons. The number of nitrogens with two attached hydrogens (primary N) is 1. The first kappa shape index (κ1) is 12.4. The summed E-state index contributed by atoms with van der Waals surface area (Å²) >= 11 is 0. The molecule has 0 amide bonds. The second-order valence-corrected chi connectivity index (χ2v) is 3.24. The first-order valence-corrected chi connectivity index (χ1v) is 4.37. The van der Waals surface area contributed by atoms with E-state index in [2.05, 4.69) is 0 Å². The van der Waals surface area contributed by atoms with Crippen LogP contribution >= 0.6 is 0 Å². The van der Waals surface area contributed by atoms with Crippen molar-refractivity contribution in [2.24, 2.45) is 5.73 Å². The van der Waals surface area contributed by atoms with E-state index in [-0.39, 0.29) is 0 Å². The summed E-state index contributed by atoms with van der Waals surface area (Å²) in [7, 11) is 0. The van der Waals surface area contributed by atoms with Gasteiger partial charge in [-0.15, -0.1) is 0 Å². The van der Waals surface area contributed by atoms with Crippen LogP contribution < -0.4 is 5.73 Å². The van der Waals surface area contributed by atoms with E-state index in [1.807, 2.05) is 0 Å². The van der Waals surface area contributed by atoms with Crippen molar-refractivity contribution in [3.8, 4) is 0 Å². The van der Waals surface area contributed by atoms with Crippen molar-refractivity contribution in [2.75, 3.05) is 6.54 Å². The molecule has 0 fully saturated rings. The number of halogens is 3. The van der Waals surface area contributed by atoms with Crippen molar-refractivity contribution in [2.45, 2.75) is 12.3 Å². The number of hydrogen-bond acceptors (Lipinski definition) is 3. The lowest BCUT2D eigenvalue weighted by Crippen LogP contribution is -2.30. The van der Waals surface area contributed by atoms with E-state index >= 15 is 0 Å². The molecule has 0 atom stereocenters. The lowest BCUT2D eigenvalue weighted by molar-refractivity contribution is -0.387. The van der Waals surface area contributed by atoms with Gasteiger partial charge in [0.2, 0.25) is 5.82 Å². The summed E-state index contributed by atoms with van der Waals surface area (Å²) in [6.07, 6.45) is -0.947. The van der Waals surface area contributed by atoms with Crippen LogP contribution in [-0.4, -0.2) is 17.4 Å². The Morgan fingerprint density at radius 1 is 1.44 bits per heavy atom. The van der Waals surface area contributed by atoms with Crippen LogP contribution in [0.2, 0.25) is 0 Å². The molecule has 0 spiro atoms. The molecule has 88 valence electrons. The van der Waals surface area contributed by atoms with E-state index in [0.717, 1.165) is 18.2 Å². The van der Waals surface area contributed by atoms with Gasteiger partial charge in [-0.1, -0.05) is 12.1 Å². The Morgan fingerprint density at radius 2 is 2.06 bits per heavy atom. The Morgan fingerprint density at radius 3 is 2.56 bits per heavy atom. The molecule has 0 saturated carbocycles. The molecule has 0 heterocycles. The van der Waals surface area contributed by atoms with Crippen molar-refractivity contribution in [1.82, 2.24) is 0 Å². The van der Waals surface area contributed by atoms with Gasteiger partial charge in [0.05, 0.1) is 11.5 Å². The molecule has 0 aliphatic heterocycles. The molecule has 0 aliphatic rings. The summed E-state index contributed by atoms with van der Waals surface area (Å²) in [6, 6.07) is 3.15. The van der Waals surface area contributed by atoms with E-state index in [1.165, 1.54) is 0 Å². The normalized spacial score (nSPS) is 11.5. The molecule has 2 N–H and O–H groups in total. The number of nitro benzene ring substituents is 1.